The molecule has 8 heteroatoms. The van der Waals surface area contributed by atoms with Crippen molar-refractivity contribution in [3.63, 3.8) is 0 Å². The van der Waals surface area contributed by atoms with Gasteiger partial charge in [-0.2, -0.15) is 5.10 Å². The molecule has 1 aliphatic rings. The van der Waals surface area contributed by atoms with Gasteiger partial charge in [-0.3, -0.25) is 4.99 Å². The van der Waals surface area contributed by atoms with Gasteiger partial charge in [0.15, 0.2) is 5.96 Å². The van der Waals surface area contributed by atoms with Crippen LogP contribution < -0.4 is 10.6 Å². The SMILES string of the molecule is CN=C(NCc1ccc(Sc2ccccc2)cc1)NC1CCc2nc(C)nn2C1.I. The molecule has 1 aliphatic heterocycles. The Labute approximate surface area is 199 Å². The lowest BCUT2D eigenvalue weighted by atomic mass is 10.1. The van der Waals surface area contributed by atoms with Crippen LogP contribution in [0, 0.1) is 6.92 Å². The number of aliphatic imine (C=N–C) groups is 1. The summed E-state index contributed by atoms with van der Waals surface area (Å²) in [7, 11) is 1.81. The summed E-state index contributed by atoms with van der Waals surface area (Å²) in [5.74, 6) is 2.74. The Bertz CT molecular complexity index is 971. The highest BCUT2D eigenvalue weighted by Crippen LogP contribution is 2.27. The fourth-order valence-electron chi connectivity index (χ4n) is 3.43. The highest BCUT2D eigenvalue weighted by molar-refractivity contribution is 14.0. The van der Waals surface area contributed by atoms with Crippen LogP contribution in [0.4, 0.5) is 0 Å². The lowest BCUT2D eigenvalue weighted by Gasteiger charge is -2.25. The predicted octanol–water partition coefficient (Wildman–Crippen LogP) is 4.04. The minimum atomic E-state index is 0. The van der Waals surface area contributed by atoms with Gasteiger partial charge in [-0.15, -0.1) is 24.0 Å². The van der Waals surface area contributed by atoms with Crippen LogP contribution in [-0.4, -0.2) is 33.8 Å². The largest absolute Gasteiger partial charge is 0.352 e. The van der Waals surface area contributed by atoms with E-state index in [-0.39, 0.29) is 24.0 Å². The standard InChI is InChI=1S/C22H26N6S.HI/c1-16-25-21-13-10-18(15-28(21)27-16)26-22(23-2)24-14-17-8-11-20(12-9-17)29-19-6-4-3-5-7-19;/h3-9,11-12,18H,10,13-15H2,1-2H3,(H2,23,24,26);1H. The van der Waals surface area contributed by atoms with Crippen molar-refractivity contribution < 1.29 is 0 Å². The molecule has 2 heterocycles. The van der Waals surface area contributed by atoms with Gasteiger partial charge in [0.1, 0.15) is 11.6 Å². The highest BCUT2D eigenvalue weighted by atomic mass is 127. The highest BCUT2D eigenvalue weighted by Gasteiger charge is 2.21. The number of halogens is 1. The van der Waals surface area contributed by atoms with Gasteiger partial charge in [-0.05, 0) is 43.2 Å². The molecule has 30 heavy (non-hydrogen) atoms. The topological polar surface area (TPSA) is 67.1 Å². The van der Waals surface area contributed by atoms with E-state index in [2.05, 4.69) is 74.2 Å². The van der Waals surface area contributed by atoms with E-state index in [9.17, 15) is 0 Å². The fourth-order valence-corrected chi connectivity index (χ4v) is 4.26. The number of fused-ring (bicyclic) bond motifs is 1. The maximum atomic E-state index is 4.47. The summed E-state index contributed by atoms with van der Waals surface area (Å²) in [6.07, 6.45) is 1.97. The van der Waals surface area contributed by atoms with Crippen molar-refractivity contribution in [2.45, 2.75) is 48.7 Å². The zero-order valence-electron chi connectivity index (χ0n) is 17.2. The molecular weight excluding hydrogens is 507 g/mol. The van der Waals surface area contributed by atoms with Crippen molar-refractivity contribution in [1.82, 2.24) is 25.4 Å². The summed E-state index contributed by atoms with van der Waals surface area (Å²) in [5.41, 5.74) is 1.23. The van der Waals surface area contributed by atoms with Crippen molar-refractivity contribution in [3.8, 4) is 0 Å². The third-order valence-corrected chi connectivity index (χ3v) is 5.91. The molecule has 0 bridgehead atoms. The van der Waals surface area contributed by atoms with Gasteiger partial charge in [-0.25, -0.2) is 9.67 Å². The van der Waals surface area contributed by atoms with E-state index in [1.807, 2.05) is 24.7 Å². The predicted molar refractivity (Wildman–Crippen MR) is 133 cm³/mol. The molecule has 0 radical (unpaired) electrons. The van der Waals surface area contributed by atoms with Gasteiger partial charge < -0.3 is 10.6 Å². The third-order valence-electron chi connectivity index (χ3n) is 4.89. The van der Waals surface area contributed by atoms with Crippen LogP contribution in [-0.2, 0) is 19.5 Å². The van der Waals surface area contributed by atoms with Crippen molar-refractivity contribution in [3.05, 3.63) is 71.8 Å². The molecule has 0 aliphatic carbocycles. The Hall–Kier alpha value is -2.07. The van der Waals surface area contributed by atoms with Gasteiger partial charge in [-0.1, -0.05) is 42.1 Å². The number of guanidine groups is 1. The average Bonchev–Trinajstić information content (AvgIpc) is 3.12. The van der Waals surface area contributed by atoms with Crippen molar-refractivity contribution in [2.24, 2.45) is 4.99 Å². The summed E-state index contributed by atoms with van der Waals surface area (Å²) >= 11 is 1.77. The summed E-state index contributed by atoms with van der Waals surface area (Å²) in [6, 6.07) is 19.4. The first-order valence-corrected chi connectivity index (χ1v) is 10.7. The molecule has 3 aromatic rings. The molecule has 0 amide bonds. The van der Waals surface area contributed by atoms with Gasteiger partial charge in [0.05, 0.1) is 6.54 Å². The van der Waals surface area contributed by atoms with Crippen LogP contribution in [0.1, 0.15) is 23.6 Å². The van der Waals surface area contributed by atoms with Crippen LogP contribution >= 0.6 is 35.7 Å². The molecule has 0 spiro atoms. The molecule has 1 unspecified atom stereocenters. The second-order valence-electron chi connectivity index (χ2n) is 7.12. The number of hydrogen-bond acceptors (Lipinski definition) is 4. The molecule has 0 saturated heterocycles. The number of nitrogens with zero attached hydrogens (tertiary/aromatic N) is 4. The van der Waals surface area contributed by atoms with Crippen LogP contribution in [0.2, 0.25) is 0 Å². The van der Waals surface area contributed by atoms with E-state index >= 15 is 0 Å². The molecule has 158 valence electrons. The molecular formula is C22H27IN6S. The lowest BCUT2D eigenvalue weighted by molar-refractivity contribution is 0.392. The lowest BCUT2D eigenvalue weighted by Crippen LogP contribution is -2.46. The molecule has 2 N–H and O–H groups in total. The Morgan fingerprint density at radius 1 is 1.13 bits per heavy atom. The van der Waals surface area contributed by atoms with Gasteiger partial charge >= 0.3 is 0 Å². The summed E-state index contributed by atoms with van der Waals surface area (Å²) in [6.45, 7) is 3.50. The second-order valence-corrected chi connectivity index (χ2v) is 8.27. The molecule has 2 aromatic carbocycles. The van der Waals surface area contributed by atoms with Crippen molar-refractivity contribution in [1.29, 1.82) is 0 Å². The molecule has 1 aromatic heterocycles. The first-order chi connectivity index (χ1) is 14.2. The Kier molecular flexibility index (Phi) is 8.15. The van der Waals surface area contributed by atoms with E-state index in [0.717, 1.165) is 43.5 Å². The molecule has 0 fully saturated rings. The number of aromatic nitrogens is 3. The maximum absolute atomic E-state index is 4.47. The van der Waals surface area contributed by atoms with E-state index in [4.69, 9.17) is 0 Å². The third kappa shape index (κ3) is 5.98. The molecule has 0 saturated carbocycles. The van der Waals surface area contributed by atoms with E-state index in [1.54, 1.807) is 11.8 Å². The second kappa shape index (κ2) is 10.8. The van der Waals surface area contributed by atoms with Gasteiger partial charge in [0, 0.05) is 35.8 Å². The summed E-state index contributed by atoms with van der Waals surface area (Å²) in [4.78, 5) is 11.3. The fraction of sp³-hybridized carbons (Fsp3) is 0.318. The van der Waals surface area contributed by atoms with Crippen LogP contribution in [0.3, 0.4) is 0 Å². The average molecular weight is 534 g/mol. The number of rotatable bonds is 5. The summed E-state index contributed by atoms with van der Waals surface area (Å²) < 4.78 is 2.01. The van der Waals surface area contributed by atoms with E-state index in [1.165, 1.54) is 15.4 Å². The molecule has 1 atom stereocenters. The van der Waals surface area contributed by atoms with Crippen LogP contribution in [0.15, 0.2) is 69.4 Å². The number of aryl methyl sites for hydroxylation is 2. The summed E-state index contributed by atoms with van der Waals surface area (Å²) in [5, 5.41) is 11.4. The number of hydrogen-bond donors (Lipinski definition) is 2. The van der Waals surface area contributed by atoms with Crippen molar-refractivity contribution >= 4 is 41.7 Å². The zero-order chi connectivity index (χ0) is 20.1. The normalized spacial score (nSPS) is 15.8. The smallest absolute Gasteiger partial charge is 0.191 e. The van der Waals surface area contributed by atoms with E-state index in [0.29, 0.717) is 6.04 Å². The van der Waals surface area contributed by atoms with Gasteiger partial charge in [0.2, 0.25) is 0 Å². The minimum absolute atomic E-state index is 0. The Morgan fingerprint density at radius 2 is 1.87 bits per heavy atom. The van der Waals surface area contributed by atoms with E-state index < -0.39 is 0 Å². The first kappa shape index (κ1) is 22.6. The quantitative estimate of drug-likeness (QED) is 0.294. The monoisotopic (exact) mass is 534 g/mol. The molecule has 6 nitrogen and oxygen atoms in total. The Morgan fingerprint density at radius 3 is 2.60 bits per heavy atom. The number of nitrogens with one attached hydrogen (secondary N) is 2. The Balaban J connectivity index is 0.00000256. The minimum Gasteiger partial charge on any atom is -0.352 e. The van der Waals surface area contributed by atoms with Gasteiger partial charge in [0.25, 0.3) is 0 Å². The van der Waals surface area contributed by atoms with Crippen LogP contribution in [0.25, 0.3) is 0 Å². The molecule has 4 rings (SSSR count). The maximum Gasteiger partial charge on any atom is 0.191 e. The number of benzene rings is 2. The first-order valence-electron chi connectivity index (χ1n) is 9.89. The van der Waals surface area contributed by atoms with Crippen LogP contribution in [0.5, 0.6) is 0 Å². The van der Waals surface area contributed by atoms with Crippen molar-refractivity contribution in [2.75, 3.05) is 7.05 Å². The zero-order valence-corrected chi connectivity index (χ0v) is 20.4.